The van der Waals surface area contributed by atoms with Crippen molar-refractivity contribution in [2.45, 2.75) is 51.6 Å². The van der Waals surface area contributed by atoms with Gasteiger partial charge < -0.3 is 10.4 Å². The first-order chi connectivity index (χ1) is 10.3. The zero-order valence-electron chi connectivity index (χ0n) is 14.0. The Bertz CT molecular complexity index is 569. The maximum Gasteiger partial charge on any atom is 0.115 e. The summed E-state index contributed by atoms with van der Waals surface area (Å²) in [7, 11) is 0. The fraction of sp³-hybridized carbons (Fsp3) is 0.400. The zero-order valence-corrected chi connectivity index (χ0v) is 14.0. The minimum atomic E-state index is 0.107. The Kier molecular flexibility index (Phi) is 5.25. The van der Waals surface area contributed by atoms with Crippen LogP contribution in [0.4, 0.5) is 0 Å². The molecule has 0 aromatic heterocycles. The number of hydrogen-bond donors (Lipinski definition) is 2. The van der Waals surface area contributed by atoms with E-state index in [9.17, 15) is 5.11 Å². The Hall–Kier alpha value is -1.80. The molecule has 2 atom stereocenters. The van der Waals surface area contributed by atoms with Crippen LogP contribution in [0.2, 0.25) is 0 Å². The second-order valence-electron chi connectivity index (χ2n) is 7.09. The van der Waals surface area contributed by atoms with Crippen molar-refractivity contribution in [2.24, 2.45) is 0 Å². The molecule has 0 spiro atoms. The van der Waals surface area contributed by atoms with Gasteiger partial charge in [0.05, 0.1) is 0 Å². The number of phenolic OH excluding ortho intramolecular Hbond substituents is 1. The molecule has 0 amide bonds. The van der Waals surface area contributed by atoms with Crippen molar-refractivity contribution < 1.29 is 5.11 Å². The molecule has 2 heteroatoms. The smallest absolute Gasteiger partial charge is 0.115 e. The normalized spacial score (nSPS) is 14.5. The van der Waals surface area contributed by atoms with Crippen molar-refractivity contribution in [3.8, 4) is 5.75 Å². The predicted molar refractivity (Wildman–Crippen MR) is 93.4 cm³/mol. The van der Waals surface area contributed by atoms with Gasteiger partial charge in [-0.05, 0) is 57.4 Å². The summed E-state index contributed by atoms with van der Waals surface area (Å²) in [5.41, 5.74) is 2.66. The van der Waals surface area contributed by atoms with Crippen LogP contribution in [-0.4, -0.2) is 16.7 Å². The maximum atomic E-state index is 9.53. The van der Waals surface area contributed by atoms with Crippen molar-refractivity contribution in [1.29, 1.82) is 0 Å². The summed E-state index contributed by atoms with van der Waals surface area (Å²) in [5, 5.41) is 13.2. The van der Waals surface area contributed by atoms with Crippen LogP contribution in [0.1, 0.15) is 51.2 Å². The van der Waals surface area contributed by atoms with E-state index in [0.29, 0.717) is 17.7 Å². The Morgan fingerprint density at radius 3 is 2.00 bits per heavy atom. The third-order valence-corrected chi connectivity index (χ3v) is 3.77. The third-order valence-electron chi connectivity index (χ3n) is 3.77. The monoisotopic (exact) mass is 297 g/mol. The van der Waals surface area contributed by atoms with Gasteiger partial charge in [0, 0.05) is 17.5 Å². The summed E-state index contributed by atoms with van der Waals surface area (Å²) < 4.78 is 0. The van der Waals surface area contributed by atoms with Gasteiger partial charge in [-0.3, -0.25) is 0 Å². The Morgan fingerprint density at radius 1 is 0.909 bits per heavy atom. The van der Waals surface area contributed by atoms with Crippen LogP contribution >= 0.6 is 0 Å². The number of phenols is 1. The van der Waals surface area contributed by atoms with Gasteiger partial charge in [-0.15, -0.1) is 0 Å². The number of benzene rings is 2. The highest BCUT2D eigenvalue weighted by molar-refractivity contribution is 5.35. The summed E-state index contributed by atoms with van der Waals surface area (Å²) in [4.78, 5) is 0. The van der Waals surface area contributed by atoms with Gasteiger partial charge in [-0.25, -0.2) is 0 Å². The first-order valence-electron chi connectivity index (χ1n) is 7.97. The topological polar surface area (TPSA) is 32.3 Å². The van der Waals surface area contributed by atoms with Gasteiger partial charge in [0.2, 0.25) is 0 Å². The minimum Gasteiger partial charge on any atom is -0.508 e. The number of hydrogen-bond acceptors (Lipinski definition) is 2. The van der Waals surface area contributed by atoms with Crippen LogP contribution in [0.15, 0.2) is 54.6 Å². The summed E-state index contributed by atoms with van der Waals surface area (Å²) in [6, 6.07) is 18.6. The second kappa shape index (κ2) is 6.97. The molecule has 0 saturated carbocycles. The maximum absolute atomic E-state index is 9.53. The lowest BCUT2D eigenvalue weighted by Crippen LogP contribution is -2.42. The highest BCUT2D eigenvalue weighted by atomic mass is 16.3. The fourth-order valence-electron chi connectivity index (χ4n) is 3.01. The molecule has 0 bridgehead atoms. The largest absolute Gasteiger partial charge is 0.508 e. The molecule has 2 rings (SSSR count). The van der Waals surface area contributed by atoms with Crippen LogP contribution in [0.25, 0.3) is 0 Å². The van der Waals surface area contributed by atoms with Crippen molar-refractivity contribution in [3.63, 3.8) is 0 Å². The number of rotatable bonds is 5. The van der Waals surface area contributed by atoms with E-state index in [1.807, 2.05) is 18.2 Å². The molecule has 0 heterocycles. The van der Waals surface area contributed by atoms with Crippen molar-refractivity contribution in [2.75, 3.05) is 0 Å². The van der Waals surface area contributed by atoms with Crippen LogP contribution in [0.3, 0.4) is 0 Å². The van der Waals surface area contributed by atoms with Crippen molar-refractivity contribution in [3.05, 3.63) is 65.7 Å². The quantitative estimate of drug-likeness (QED) is 0.839. The van der Waals surface area contributed by atoms with Crippen LogP contribution < -0.4 is 5.32 Å². The zero-order chi connectivity index (χ0) is 16.2. The minimum absolute atomic E-state index is 0.107. The molecular formula is C20H27NO. The summed E-state index contributed by atoms with van der Waals surface area (Å²) in [6.45, 7) is 8.83. The first-order valence-corrected chi connectivity index (χ1v) is 7.97. The lowest BCUT2D eigenvalue weighted by molar-refractivity contribution is 0.353. The van der Waals surface area contributed by atoms with Gasteiger partial charge in [-0.1, -0.05) is 42.5 Å². The van der Waals surface area contributed by atoms with Crippen molar-refractivity contribution >= 4 is 0 Å². The van der Waals surface area contributed by atoms with E-state index in [-0.39, 0.29) is 5.54 Å². The van der Waals surface area contributed by atoms with E-state index in [1.165, 1.54) is 11.1 Å². The lowest BCUT2D eigenvalue weighted by Gasteiger charge is -2.29. The van der Waals surface area contributed by atoms with Crippen LogP contribution in [0, 0.1) is 0 Å². The van der Waals surface area contributed by atoms with Gasteiger partial charge in [0.25, 0.3) is 0 Å². The van der Waals surface area contributed by atoms with Crippen molar-refractivity contribution in [1.82, 2.24) is 5.32 Å². The molecule has 2 aromatic carbocycles. The van der Waals surface area contributed by atoms with E-state index in [1.54, 1.807) is 12.1 Å². The molecule has 0 fully saturated rings. The van der Waals surface area contributed by atoms with E-state index in [0.717, 1.165) is 6.42 Å². The highest BCUT2D eigenvalue weighted by Crippen LogP contribution is 2.30. The Balaban J connectivity index is 2.24. The molecule has 0 saturated heterocycles. The standard InChI is InChI=1S/C20H27NO/c1-15(21-20(2,3)4)14-19(16-8-6-5-7-9-16)17-10-12-18(22)13-11-17/h5-13,15,19,21-22H,14H2,1-4H3/t15-,19-/m0/s1. The molecule has 2 nitrogen and oxygen atoms in total. The summed E-state index contributed by atoms with van der Waals surface area (Å²) >= 11 is 0. The summed E-state index contributed by atoms with van der Waals surface area (Å²) in [5.74, 6) is 0.642. The molecule has 118 valence electrons. The van der Waals surface area contributed by atoms with E-state index < -0.39 is 0 Å². The fourth-order valence-corrected chi connectivity index (χ4v) is 3.01. The number of aromatic hydroxyl groups is 1. The van der Waals surface area contributed by atoms with E-state index >= 15 is 0 Å². The molecule has 0 aliphatic rings. The average Bonchev–Trinajstić information content (AvgIpc) is 2.45. The van der Waals surface area contributed by atoms with Gasteiger partial charge in [-0.2, -0.15) is 0 Å². The van der Waals surface area contributed by atoms with E-state index in [2.05, 4.69) is 57.3 Å². The molecule has 22 heavy (non-hydrogen) atoms. The molecule has 0 aliphatic heterocycles. The van der Waals surface area contributed by atoms with Crippen LogP contribution in [-0.2, 0) is 0 Å². The Morgan fingerprint density at radius 2 is 1.45 bits per heavy atom. The third kappa shape index (κ3) is 4.88. The van der Waals surface area contributed by atoms with Crippen LogP contribution in [0.5, 0.6) is 5.75 Å². The molecule has 0 radical (unpaired) electrons. The lowest BCUT2D eigenvalue weighted by atomic mass is 9.86. The highest BCUT2D eigenvalue weighted by Gasteiger charge is 2.20. The summed E-state index contributed by atoms with van der Waals surface area (Å²) in [6.07, 6.45) is 1.02. The molecule has 0 unspecified atom stereocenters. The molecule has 0 aliphatic carbocycles. The predicted octanol–water partition coefficient (Wildman–Crippen LogP) is 4.69. The second-order valence-corrected chi connectivity index (χ2v) is 7.09. The Labute approximate surface area is 134 Å². The molecular weight excluding hydrogens is 270 g/mol. The van der Waals surface area contributed by atoms with Gasteiger partial charge in [0.1, 0.15) is 5.75 Å². The SMILES string of the molecule is C[C@@H](C[C@@H](c1ccccc1)c1ccc(O)cc1)NC(C)(C)C. The van der Waals surface area contributed by atoms with E-state index in [4.69, 9.17) is 0 Å². The first kappa shape index (κ1) is 16.6. The number of nitrogens with one attached hydrogen (secondary N) is 1. The molecule has 2 N–H and O–H groups in total. The van der Waals surface area contributed by atoms with Gasteiger partial charge in [0.15, 0.2) is 0 Å². The van der Waals surface area contributed by atoms with Gasteiger partial charge >= 0.3 is 0 Å². The molecule has 2 aromatic rings. The average molecular weight is 297 g/mol.